The quantitative estimate of drug-likeness (QED) is 0.0886. The number of aromatic nitrogens is 5. The number of carbonyl (C=O) groups excluding carboxylic acids is 2. The topological polar surface area (TPSA) is 269 Å². The lowest BCUT2D eigenvalue weighted by Crippen LogP contribution is -2.41. The van der Waals surface area contributed by atoms with Crippen LogP contribution in [0, 0.1) is 5.21 Å². The van der Waals surface area contributed by atoms with E-state index in [1.54, 1.807) is 24.4 Å². The van der Waals surface area contributed by atoms with Gasteiger partial charge in [-0.25, -0.2) is 35.2 Å². The molecule has 0 aromatic carbocycles. The molecule has 5 aromatic heterocycles. The highest BCUT2D eigenvalue weighted by Crippen LogP contribution is 2.36. The molecule has 25 heteroatoms. The summed E-state index contributed by atoms with van der Waals surface area (Å²) in [5, 5.41) is 25.7. The Morgan fingerprint density at radius 2 is 1.17 bits per heavy atom. The Balaban J connectivity index is 0.000000302. The van der Waals surface area contributed by atoms with E-state index in [9.17, 15) is 40.0 Å². The molecular weight excluding hydrogens is 1030 g/mol. The van der Waals surface area contributed by atoms with Gasteiger partial charge in [0.2, 0.25) is 24.2 Å². The van der Waals surface area contributed by atoms with Crippen LogP contribution in [0.4, 0.5) is 11.6 Å². The van der Waals surface area contributed by atoms with E-state index in [4.69, 9.17) is 14.5 Å². The van der Waals surface area contributed by atoms with Crippen LogP contribution in [-0.4, -0.2) is 94.3 Å². The number of anilines is 2. The summed E-state index contributed by atoms with van der Waals surface area (Å²) in [4.78, 5) is 34.0. The molecule has 5 aromatic rings. The molecule has 64 heavy (non-hydrogen) atoms. The Morgan fingerprint density at radius 1 is 0.688 bits per heavy atom. The maximum Gasteiger partial charge on any atom is 0.495 e. The molecule has 0 spiro atoms. The van der Waals surface area contributed by atoms with Crippen LogP contribution in [0.2, 0.25) is 0 Å². The first-order valence-electron chi connectivity index (χ1n) is 18.0. The number of nitrogens with one attached hydrogen (secondary N) is 2. The second-order valence-corrected chi connectivity index (χ2v) is 22.6. The van der Waals surface area contributed by atoms with E-state index in [1.165, 1.54) is 63.0 Å². The zero-order valence-corrected chi connectivity index (χ0v) is 41.0. The van der Waals surface area contributed by atoms with Gasteiger partial charge in [-0.15, -0.1) is 0 Å². The Kier molecular flexibility index (Phi) is 19.3. The summed E-state index contributed by atoms with van der Waals surface area (Å²) in [5.41, 5.74) is 1.08. The average Bonchev–Trinajstić information content (AvgIpc) is 3.36. The van der Waals surface area contributed by atoms with Crippen molar-refractivity contribution in [1.29, 1.82) is 0 Å². The van der Waals surface area contributed by atoms with Crippen LogP contribution in [0.25, 0.3) is 11.1 Å². The minimum Gasteiger partial charge on any atom is -0.619 e. The van der Waals surface area contributed by atoms with Crippen molar-refractivity contribution in [3.05, 3.63) is 106 Å². The molecule has 6 heterocycles. The Bertz CT molecular complexity index is 2780. The van der Waals surface area contributed by atoms with Crippen molar-refractivity contribution < 1.29 is 58.8 Å². The lowest BCUT2D eigenvalue weighted by atomic mass is 9.80. The maximum atomic E-state index is 11.6. The van der Waals surface area contributed by atoms with E-state index in [0.717, 1.165) is 36.6 Å². The van der Waals surface area contributed by atoms with Gasteiger partial charge in [0.15, 0.2) is 41.9 Å². The van der Waals surface area contributed by atoms with Crippen LogP contribution < -0.4 is 25.6 Å². The van der Waals surface area contributed by atoms with E-state index in [2.05, 4.69) is 57.4 Å². The predicted molar refractivity (Wildman–Crippen MR) is 247 cm³/mol. The zero-order valence-electron chi connectivity index (χ0n) is 35.4. The van der Waals surface area contributed by atoms with Crippen LogP contribution in [0.3, 0.4) is 0 Å². The van der Waals surface area contributed by atoms with Crippen molar-refractivity contribution in [1.82, 2.24) is 15.0 Å². The highest BCUT2D eigenvalue weighted by Gasteiger charge is 2.51. The number of amides is 2. The number of sulfone groups is 3. The van der Waals surface area contributed by atoms with E-state index in [-0.39, 0.29) is 45.1 Å². The molecule has 1 aliphatic rings. The molecular formula is C39H49BBr2N7O12S3+. The van der Waals surface area contributed by atoms with Gasteiger partial charge in [0, 0.05) is 72.2 Å². The van der Waals surface area contributed by atoms with Crippen molar-refractivity contribution in [3.8, 4) is 11.1 Å². The van der Waals surface area contributed by atoms with Gasteiger partial charge >= 0.3 is 7.12 Å². The number of hydrogen-bond donors (Lipinski definition) is 3. The van der Waals surface area contributed by atoms with E-state index in [0.29, 0.717) is 41.2 Å². The molecule has 346 valence electrons. The number of pyridine rings is 5. The fraction of sp³-hybridized carbons (Fsp3) is 0.308. The van der Waals surface area contributed by atoms with Gasteiger partial charge in [-0.05, 0) is 113 Å². The summed E-state index contributed by atoms with van der Waals surface area (Å²) in [5.74, 6) is 0.393. The van der Waals surface area contributed by atoms with Crippen LogP contribution >= 0.6 is 31.9 Å². The van der Waals surface area contributed by atoms with E-state index in [1.807, 2.05) is 33.8 Å². The molecule has 0 bridgehead atoms. The highest BCUT2D eigenvalue weighted by atomic mass is 79.9. The van der Waals surface area contributed by atoms with E-state index < -0.39 is 36.6 Å². The Morgan fingerprint density at radius 3 is 1.64 bits per heavy atom. The molecule has 1 fully saturated rings. The first-order valence-corrected chi connectivity index (χ1v) is 25.3. The molecule has 0 aliphatic carbocycles. The van der Waals surface area contributed by atoms with Crippen LogP contribution in [-0.2, 0) is 48.4 Å². The molecule has 6 rings (SSSR count). The average molecular weight is 1070 g/mol. The summed E-state index contributed by atoms with van der Waals surface area (Å²) < 4.78 is 81.2. The van der Waals surface area contributed by atoms with E-state index >= 15 is 0 Å². The van der Waals surface area contributed by atoms with Gasteiger partial charge in [0.05, 0.1) is 20.6 Å². The minimum absolute atomic E-state index is 0. The van der Waals surface area contributed by atoms with Gasteiger partial charge in [0.25, 0.3) is 0 Å². The molecule has 19 nitrogen and oxygen atoms in total. The smallest absolute Gasteiger partial charge is 0.495 e. The minimum atomic E-state index is -3.49. The number of hydrogen-bond acceptors (Lipinski definition) is 15. The number of rotatable bonds is 7. The van der Waals surface area contributed by atoms with Gasteiger partial charge in [-0.3, -0.25) is 19.8 Å². The molecule has 0 unspecified atom stereocenters. The zero-order chi connectivity index (χ0) is 47.7. The van der Waals surface area contributed by atoms with Crippen LogP contribution in [0.1, 0.15) is 49.0 Å². The molecule has 0 radical (unpaired) electrons. The molecule has 0 atom stereocenters. The molecule has 1 saturated heterocycles. The fourth-order valence-electron chi connectivity index (χ4n) is 4.87. The fourth-order valence-corrected chi connectivity index (χ4v) is 7.87. The van der Waals surface area contributed by atoms with Gasteiger partial charge in [-0.2, -0.15) is 4.73 Å². The predicted octanol–water partition coefficient (Wildman–Crippen LogP) is 4.34. The summed E-state index contributed by atoms with van der Waals surface area (Å²) in [7, 11) is -10.3. The first kappa shape index (κ1) is 55.2. The number of nitrogens with zero attached hydrogens (tertiary/aromatic N) is 5. The van der Waals surface area contributed by atoms with Crippen molar-refractivity contribution in [3.63, 3.8) is 0 Å². The van der Waals surface area contributed by atoms with Crippen molar-refractivity contribution in [2.75, 3.05) is 29.4 Å². The molecule has 0 saturated carbocycles. The van der Waals surface area contributed by atoms with Gasteiger partial charge in [-0.1, -0.05) is 7.43 Å². The SMILES string of the molecule is C.CC(=O)Nc1cc(-c2cc(S(C)(=O)=O)c[n+]([O-])c2)ccn1.CC(=O)Nc1cc(B2OC(C)(C)C(C)(C)O2)ccn1.CS(=O)(=O)c1cc(Br)c[n+](O)c1.CS(=O)(=O)c1cncc(Br)c1. The monoisotopic (exact) mass is 1070 g/mol. The Labute approximate surface area is 390 Å². The number of carbonyl (C=O) groups is 2. The highest BCUT2D eigenvalue weighted by molar-refractivity contribution is 9.10. The third-order valence-corrected chi connectivity index (χ3v) is 12.7. The van der Waals surface area contributed by atoms with Crippen molar-refractivity contribution >= 4 is 97.4 Å². The summed E-state index contributed by atoms with van der Waals surface area (Å²) in [6.07, 6.45) is 13.9. The second kappa shape index (κ2) is 22.3. The lowest BCUT2D eigenvalue weighted by molar-refractivity contribution is -0.906. The third-order valence-electron chi connectivity index (χ3n) is 8.59. The Hall–Kier alpha value is -4.92. The van der Waals surface area contributed by atoms with Crippen LogP contribution in [0.15, 0.2) is 116 Å². The lowest BCUT2D eigenvalue weighted by Gasteiger charge is -2.32. The van der Waals surface area contributed by atoms with Gasteiger partial charge in [0.1, 0.15) is 21.4 Å². The number of halogens is 2. The molecule has 2 amide bonds. The second-order valence-electron chi connectivity index (χ2n) is 14.7. The molecule has 3 N–H and O–H groups in total. The summed E-state index contributed by atoms with van der Waals surface area (Å²) in [6, 6.07) is 11.1. The van der Waals surface area contributed by atoms with Crippen molar-refractivity contribution in [2.45, 2.75) is 74.9 Å². The summed E-state index contributed by atoms with van der Waals surface area (Å²) in [6.45, 7) is 10.8. The third kappa shape index (κ3) is 17.2. The molecule has 1 aliphatic heterocycles. The summed E-state index contributed by atoms with van der Waals surface area (Å²) >= 11 is 6.19. The van der Waals surface area contributed by atoms with Crippen molar-refractivity contribution in [2.24, 2.45) is 0 Å². The first-order chi connectivity index (χ1) is 28.9. The standard InChI is InChI=1S/C13H19BN2O3.C13H13N3O4S.C6H7BrNO3S.C6H6BrNO2S.CH4/c1-9(17)16-11-8-10(6-7-15-11)14-18-12(2,3)13(4,5)19-14;1-9(17)15-13-6-10(3-4-14-13)11-5-12(21(2,19)20)8-16(18)7-11;1-12(10,11)6-2-5(7)3-8(9)4-6;1-11(9,10)6-2-5(7)3-8-4-6;/h6-8H,1-5H3,(H,15,16,17);3-8H,1-2H3,(H,14,15,17);2-4,9H,1H3;2-4H,1H3;1H4/q;;+1;;. The van der Waals surface area contributed by atoms with Gasteiger partial charge < -0.3 is 25.1 Å². The van der Waals surface area contributed by atoms with Crippen LogP contribution in [0.5, 0.6) is 0 Å². The normalized spacial score (nSPS) is 13.8. The maximum absolute atomic E-state index is 11.6. The largest absolute Gasteiger partial charge is 0.619 e.